The first-order valence-electron chi connectivity index (χ1n) is 7.46. The monoisotopic (exact) mass is 305 g/mol. The van der Waals surface area contributed by atoms with Crippen LogP contribution in [0.25, 0.3) is 0 Å². The van der Waals surface area contributed by atoms with E-state index in [1.165, 1.54) is 0 Å². The number of piperidine rings is 1. The zero-order chi connectivity index (χ0) is 14.6. The second kappa shape index (κ2) is 6.70. The summed E-state index contributed by atoms with van der Waals surface area (Å²) in [6.45, 7) is 5.28. The number of rotatable bonds is 6. The number of ether oxygens (including phenoxy) is 1. The molecule has 0 saturated carbocycles. The molecule has 1 atom stereocenters. The Labute approximate surface area is 122 Å². The van der Waals surface area contributed by atoms with Gasteiger partial charge >= 0.3 is 0 Å². The van der Waals surface area contributed by atoms with Crippen LogP contribution in [-0.2, 0) is 14.9 Å². The van der Waals surface area contributed by atoms with Crippen molar-refractivity contribution < 1.29 is 13.2 Å². The summed E-state index contributed by atoms with van der Waals surface area (Å²) in [5.41, 5.74) is -0.245. The molecule has 2 heterocycles. The average molecular weight is 305 g/mol. The zero-order valence-corrected chi connectivity index (χ0v) is 13.3. The average Bonchev–Trinajstić information content (AvgIpc) is 2.87. The molecule has 0 aromatic heterocycles. The minimum Gasteiger partial charge on any atom is -0.383 e. The molecule has 0 aromatic rings. The smallest absolute Gasteiger partial charge is 0.279 e. The standard InChI is InChI=1S/C13H27N3O3S/c1-12-4-8-16(9-5-12)20(17,18)15-10-13(11-19-2)6-3-7-14-13/h12,14-15H,3-11H2,1-2H3. The highest BCUT2D eigenvalue weighted by Gasteiger charge is 2.36. The maximum absolute atomic E-state index is 12.3. The van der Waals surface area contributed by atoms with Crippen LogP contribution in [0.2, 0.25) is 0 Å². The van der Waals surface area contributed by atoms with Gasteiger partial charge in [0.15, 0.2) is 0 Å². The molecule has 20 heavy (non-hydrogen) atoms. The summed E-state index contributed by atoms with van der Waals surface area (Å²) in [5.74, 6) is 0.623. The molecule has 2 aliphatic rings. The Morgan fingerprint density at radius 2 is 2.10 bits per heavy atom. The van der Waals surface area contributed by atoms with E-state index >= 15 is 0 Å². The number of nitrogens with zero attached hydrogens (tertiary/aromatic N) is 1. The van der Waals surface area contributed by atoms with Crippen molar-refractivity contribution in [3.63, 3.8) is 0 Å². The summed E-state index contributed by atoms with van der Waals surface area (Å²) in [6, 6.07) is 0. The maximum Gasteiger partial charge on any atom is 0.279 e. The fourth-order valence-corrected chi connectivity index (χ4v) is 4.35. The maximum atomic E-state index is 12.3. The third-order valence-electron chi connectivity index (χ3n) is 4.43. The van der Waals surface area contributed by atoms with Crippen LogP contribution >= 0.6 is 0 Å². The van der Waals surface area contributed by atoms with Crippen molar-refractivity contribution in [2.24, 2.45) is 5.92 Å². The fraction of sp³-hybridized carbons (Fsp3) is 1.00. The second-order valence-electron chi connectivity index (χ2n) is 6.15. The predicted molar refractivity (Wildman–Crippen MR) is 78.7 cm³/mol. The Morgan fingerprint density at radius 3 is 2.65 bits per heavy atom. The van der Waals surface area contributed by atoms with Gasteiger partial charge in [0.2, 0.25) is 0 Å². The molecule has 118 valence electrons. The molecule has 0 spiro atoms. The van der Waals surface area contributed by atoms with Crippen LogP contribution in [-0.4, -0.2) is 58.2 Å². The lowest BCUT2D eigenvalue weighted by atomic mass is 9.99. The lowest BCUT2D eigenvalue weighted by molar-refractivity contribution is 0.122. The van der Waals surface area contributed by atoms with E-state index in [0.29, 0.717) is 32.2 Å². The van der Waals surface area contributed by atoms with Gasteiger partial charge in [-0.05, 0) is 38.1 Å². The minimum absolute atomic E-state index is 0.245. The van der Waals surface area contributed by atoms with Gasteiger partial charge in [-0.25, -0.2) is 4.72 Å². The molecular formula is C13H27N3O3S. The van der Waals surface area contributed by atoms with Gasteiger partial charge in [0.25, 0.3) is 10.2 Å². The second-order valence-corrected chi connectivity index (χ2v) is 7.91. The summed E-state index contributed by atoms with van der Waals surface area (Å²) >= 11 is 0. The van der Waals surface area contributed by atoms with Gasteiger partial charge in [-0.15, -0.1) is 0 Å². The summed E-state index contributed by atoms with van der Waals surface area (Å²) in [7, 11) is -1.71. The molecule has 2 fully saturated rings. The molecule has 1 unspecified atom stereocenters. The number of methoxy groups -OCH3 is 1. The van der Waals surface area contributed by atoms with E-state index < -0.39 is 10.2 Å². The van der Waals surface area contributed by atoms with Crippen LogP contribution in [0.3, 0.4) is 0 Å². The van der Waals surface area contributed by atoms with Crippen LogP contribution < -0.4 is 10.0 Å². The summed E-state index contributed by atoms with van der Waals surface area (Å²) in [6.07, 6.45) is 3.90. The molecule has 2 N–H and O–H groups in total. The van der Waals surface area contributed by atoms with Gasteiger partial charge in [-0.1, -0.05) is 6.92 Å². The fourth-order valence-electron chi connectivity index (χ4n) is 3.02. The molecule has 0 bridgehead atoms. The highest BCUT2D eigenvalue weighted by molar-refractivity contribution is 7.87. The van der Waals surface area contributed by atoms with Gasteiger partial charge in [0, 0.05) is 26.7 Å². The van der Waals surface area contributed by atoms with Crippen LogP contribution in [0.1, 0.15) is 32.6 Å². The van der Waals surface area contributed by atoms with E-state index in [0.717, 1.165) is 32.2 Å². The Hall–Kier alpha value is -0.210. The summed E-state index contributed by atoms with van der Waals surface area (Å²) in [4.78, 5) is 0. The van der Waals surface area contributed by atoms with E-state index in [1.54, 1.807) is 11.4 Å². The number of nitrogens with one attached hydrogen (secondary N) is 2. The molecule has 6 nitrogen and oxygen atoms in total. The Kier molecular flexibility index (Phi) is 5.42. The van der Waals surface area contributed by atoms with Crippen molar-refractivity contribution in [2.75, 3.05) is 39.9 Å². The van der Waals surface area contributed by atoms with E-state index in [1.807, 2.05) is 0 Å². The number of hydrogen-bond acceptors (Lipinski definition) is 4. The van der Waals surface area contributed by atoms with Crippen molar-refractivity contribution in [1.29, 1.82) is 0 Å². The molecule has 7 heteroatoms. The van der Waals surface area contributed by atoms with Gasteiger partial charge < -0.3 is 10.1 Å². The van der Waals surface area contributed by atoms with Gasteiger partial charge in [0.05, 0.1) is 12.1 Å². The molecule has 0 aliphatic carbocycles. The van der Waals surface area contributed by atoms with Crippen LogP contribution in [0.4, 0.5) is 0 Å². The van der Waals surface area contributed by atoms with Gasteiger partial charge in [0.1, 0.15) is 0 Å². The lowest BCUT2D eigenvalue weighted by Crippen LogP contribution is -2.55. The zero-order valence-electron chi connectivity index (χ0n) is 12.5. The van der Waals surface area contributed by atoms with Crippen molar-refractivity contribution >= 4 is 10.2 Å². The van der Waals surface area contributed by atoms with Crippen LogP contribution in [0.5, 0.6) is 0 Å². The van der Waals surface area contributed by atoms with Crippen LogP contribution in [0, 0.1) is 5.92 Å². The molecule has 2 saturated heterocycles. The van der Waals surface area contributed by atoms with Gasteiger partial charge in [-0.3, -0.25) is 0 Å². The van der Waals surface area contributed by atoms with E-state index in [2.05, 4.69) is 17.0 Å². The topological polar surface area (TPSA) is 70.7 Å². The lowest BCUT2D eigenvalue weighted by Gasteiger charge is -2.33. The Morgan fingerprint density at radius 1 is 1.40 bits per heavy atom. The minimum atomic E-state index is -3.36. The highest BCUT2D eigenvalue weighted by atomic mass is 32.2. The molecule has 0 aromatic carbocycles. The largest absolute Gasteiger partial charge is 0.383 e. The van der Waals surface area contributed by atoms with E-state index in [4.69, 9.17) is 4.74 Å². The van der Waals surface area contributed by atoms with Gasteiger partial charge in [-0.2, -0.15) is 12.7 Å². The predicted octanol–water partition coefficient (Wildman–Crippen LogP) is 0.321. The normalized spacial score (nSPS) is 29.9. The molecule has 0 amide bonds. The Balaban J connectivity index is 1.91. The SMILES string of the molecule is COCC1(CNS(=O)(=O)N2CCC(C)CC2)CCCN1. The summed E-state index contributed by atoms with van der Waals surface area (Å²) in [5, 5.41) is 3.38. The quantitative estimate of drug-likeness (QED) is 0.741. The van der Waals surface area contributed by atoms with Crippen molar-refractivity contribution in [3.8, 4) is 0 Å². The Bertz CT molecular complexity index is 399. The van der Waals surface area contributed by atoms with Crippen molar-refractivity contribution in [2.45, 2.75) is 38.1 Å². The first kappa shape index (κ1) is 16.2. The van der Waals surface area contributed by atoms with Crippen LogP contribution in [0.15, 0.2) is 0 Å². The first-order chi connectivity index (χ1) is 9.47. The van der Waals surface area contributed by atoms with Crippen molar-refractivity contribution in [1.82, 2.24) is 14.3 Å². The third kappa shape index (κ3) is 3.92. The highest BCUT2D eigenvalue weighted by Crippen LogP contribution is 2.21. The summed E-state index contributed by atoms with van der Waals surface area (Å²) < 4.78 is 34.3. The molecule has 2 aliphatic heterocycles. The molecular weight excluding hydrogens is 278 g/mol. The third-order valence-corrected chi connectivity index (χ3v) is 5.98. The molecule has 0 radical (unpaired) electrons. The van der Waals surface area contributed by atoms with E-state index in [-0.39, 0.29) is 5.54 Å². The first-order valence-corrected chi connectivity index (χ1v) is 8.90. The molecule has 2 rings (SSSR count). The van der Waals surface area contributed by atoms with Crippen molar-refractivity contribution in [3.05, 3.63) is 0 Å². The van der Waals surface area contributed by atoms with E-state index in [9.17, 15) is 8.42 Å². The number of hydrogen-bond donors (Lipinski definition) is 2.